The lowest BCUT2D eigenvalue weighted by atomic mass is 9.91. The Labute approximate surface area is 197 Å². The zero-order valence-corrected chi connectivity index (χ0v) is 19.4. The van der Waals surface area contributed by atoms with Gasteiger partial charge in [-0.1, -0.05) is 60.7 Å². The van der Waals surface area contributed by atoms with Gasteiger partial charge in [0, 0.05) is 39.4 Å². The number of nitrogens with two attached hydrogens (primary N) is 1. The maximum absolute atomic E-state index is 13.0. The summed E-state index contributed by atoms with van der Waals surface area (Å²) >= 11 is 0. The van der Waals surface area contributed by atoms with Gasteiger partial charge in [0.05, 0.1) is 12.1 Å². The Morgan fingerprint density at radius 1 is 0.839 bits per heavy atom. The van der Waals surface area contributed by atoms with E-state index in [2.05, 4.69) is 65.6 Å². The van der Waals surface area contributed by atoms with Crippen molar-refractivity contribution in [3.63, 3.8) is 0 Å². The first-order valence-electron chi connectivity index (χ1n) is 10.7. The molecular formula is C24H33Cl2N3O2. The fourth-order valence-electron chi connectivity index (χ4n) is 4.57. The smallest absolute Gasteiger partial charge is 0.239 e. The van der Waals surface area contributed by atoms with Crippen molar-refractivity contribution in [3.8, 4) is 0 Å². The highest BCUT2D eigenvalue weighted by Crippen LogP contribution is 2.29. The second kappa shape index (κ2) is 12.4. The molecule has 2 saturated heterocycles. The molecule has 4 rings (SSSR count). The van der Waals surface area contributed by atoms with Gasteiger partial charge in [-0.05, 0) is 29.9 Å². The van der Waals surface area contributed by atoms with Crippen LogP contribution in [0.15, 0.2) is 60.7 Å². The van der Waals surface area contributed by atoms with Crippen molar-refractivity contribution < 1.29 is 9.53 Å². The van der Waals surface area contributed by atoms with E-state index in [-0.39, 0.29) is 42.7 Å². The van der Waals surface area contributed by atoms with E-state index in [0.29, 0.717) is 0 Å². The van der Waals surface area contributed by atoms with Crippen LogP contribution in [0.2, 0.25) is 0 Å². The Bertz CT molecular complexity index is 740. The summed E-state index contributed by atoms with van der Waals surface area (Å²) in [6, 6.07) is 21.1. The maximum atomic E-state index is 13.0. The number of carbonyl (C=O) groups excluding carboxylic acids is 1. The molecule has 1 unspecified atom stereocenters. The quantitative estimate of drug-likeness (QED) is 0.733. The van der Waals surface area contributed by atoms with Gasteiger partial charge >= 0.3 is 0 Å². The van der Waals surface area contributed by atoms with Gasteiger partial charge in [-0.2, -0.15) is 0 Å². The number of amides is 1. The van der Waals surface area contributed by atoms with Crippen LogP contribution in [0.25, 0.3) is 0 Å². The molecular weight excluding hydrogens is 433 g/mol. The molecule has 2 aliphatic rings. The molecule has 31 heavy (non-hydrogen) atoms. The van der Waals surface area contributed by atoms with Gasteiger partial charge in [0.15, 0.2) is 0 Å². The fraction of sp³-hybridized carbons (Fsp3) is 0.458. The van der Waals surface area contributed by atoms with E-state index in [9.17, 15) is 4.79 Å². The van der Waals surface area contributed by atoms with Crippen LogP contribution in [0.4, 0.5) is 0 Å². The Hall–Kier alpha value is -1.63. The Morgan fingerprint density at radius 2 is 1.32 bits per heavy atom. The number of piperazine rings is 1. The number of rotatable bonds is 5. The zero-order chi connectivity index (χ0) is 20.1. The Morgan fingerprint density at radius 3 is 1.81 bits per heavy atom. The van der Waals surface area contributed by atoms with Gasteiger partial charge in [0.2, 0.25) is 5.91 Å². The standard InChI is InChI=1S/C24H31N3O2.2ClH/c25-22(19-11-17-29-18-12-19)24(28)27-15-13-26(14-16-27)23(20-7-3-1-4-8-20)21-9-5-2-6-10-21;;/h1-10,19,22-23H,11-18,25H2;2*1H. The van der Waals surface area contributed by atoms with Crippen molar-refractivity contribution in [2.75, 3.05) is 39.4 Å². The second-order valence-corrected chi connectivity index (χ2v) is 8.06. The number of carbonyl (C=O) groups is 1. The first-order valence-corrected chi connectivity index (χ1v) is 10.7. The van der Waals surface area contributed by atoms with E-state index in [1.54, 1.807) is 0 Å². The van der Waals surface area contributed by atoms with E-state index < -0.39 is 6.04 Å². The van der Waals surface area contributed by atoms with Gasteiger partial charge in [0.25, 0.3) is 0 Å². The molecule has 0 radical (unpaired) electrons. The third-order valence-electron chi connectivity index (χ3n) is 6.28. The molecule has 0 aromatic heterocycles. The molecule has 0 spiro atoms. The summed E-state index contributed by atoms with van der Waals surface area (Å²) in [4.78, 5) is 17.4. The van der Waals surface area contributed by atoms with Crippen molar-refractivity contribution in [3.05, 3.63) is 71.8 Å². The molecule has 0 saturated carbocycles. The minimum Gasteiger partial charge on any atom is -0.381 e. The fourth-order valence-corrected chi connectivity index (χ4v) is 4.57. The third kappa shape index (κ3) is 6.21. The highest BCUT2D eigenvalue weighted by Gasteiger charge is 2.33. The first-order chi connectivity index (χ1) is 14.2. The highest BCUT2D eigenvalue weighted by molar-refractivity contribution is 5.85. The number of hydrogen-bond acceptors (Lipinski definition) is 4. The lowest BCUT2D eigenvalue weighted by Crippen LogP contribution is -2.55. The van der Waals surface area contributed by atoms with Crippen LogP contribution in [-0.4, -0.2) is 61.1 Å². The molecule has 2 fully saturated rings. The molecule has 1 amide bonds. The number of ether oxygens (including phenoxy) is 1. The summed E-state index contributed by atoms with van der Waals surface area (Å²) in [5, 5.41) is 0. The molecule has 2 aliphatic heterocycles. The third-order valence-corrected chi connectivity index (χ3v) is 6.28. The van der Waals surface area contributed by atoms with Crippen molar-refractivity contribution in [2.45, 2.75) is 24.9 Å². The van der Waals surface area contributed by atoms with Crippen molar-refractivity contribution >= 4 is 30.7 Å². The molecule has 2 heterocycles. The topological polar surface area (TPSA) is 58.8 Å². The summed E-state index contributed by atoms with van der Waals surface area (Å²) in [5.74, 6) is 0.350. The second-order valence-electron chi connectivity index (χ2n) is 8.06. The van der Waals surface area contributed by atoms with Crippen LogP contribution >= 0.6 is 24.8 Å². The van der Waals surface area contributed by atoms with Gasteiger partial charge in [-0.25, -0.2) is 0 Å². The minimum atomic E-state index is -0.399. The van der Waals surface area contributed by atoms with Gasteiger partial charge < -0.3 is 15.4 Å². The van der Waals surface area contributed by atoms with Gasteiger partial charge in [0.1, 0.15) is 0 Å². The molecule has 0 bridgehead atoms. The Balaban J connectivity index is 0.00000171. The summed E-state index contributed by atoms with van der Waals surface area (Å²) in [5.41, 5.74) is 8.92. The number of halogens is 2. The lowest BCUT2D eigenvalue weighted by molar-refractivity contribution is -0.136. The highest BCUT2D eigenvalue weighted by atomic mass is 35.5. The number of benzene rings is 2. The van der Waals surface area contributed by atoms with E-state index in [1.165, 1.54) is 11.1 Å². The van der Waals surface area contributed by atoms with Crippen LogP contribution in [0.3, 0.4) is 0 Å². The average molecular weight is 466 g/mol. The lowest BCUT2D eigenvalue weighted by Gasteiger charge is -2.41. The molecule has 2 N–H and O–H groups in total. The Kier molecular flexibility index (Phi) is 10.3. The van der Waals surface area contributed by atoms with Crippen molar-refractivity contribution in [2.24, 2.45) is 11.7 Å². The maximum Gasteiger partial charge on any atom is 0.239 e. The molecule has 2 aromatic carbocycles. The minimum absolute atomic E-state index is 0. The molecule has 7 heteroatoms. The van der Waals surface area contributed by atoms with Crippen LogP contribution in [0.1, 0.15) is 30.0 Å². The number of nitrogens with zero attached hydrogens (tertiary/aromatic N) is 2. The van der Waals surface area contributed by atoms with E-state index >= 15 is 0 Å². The van der Waals surface area contributed by atoms with E-state index in [0.717, 1.165) is 52.2 Å². The summed E-state index contributed by atoms with van der Waals surface area (Å²) in [7, 11) is 0. The van der Waals surface area contributed by atoms with E-state index in [4.69, 9.17) is 10.5 Å². The van der Waals surface area contributed by atoms with Crippen molar-refractivity contribution in [1.29, 1.82) is 0 Å². The summed E-state index contributed by atoms with van der Waals surface area (Å²) < 4.78 is 5.41. The monoisotopic (exact) mass is 465 g/mol. The van der Waals surface area contributed by atoms with Crippen LogP contribution < -0.4 is 5.73 Å². The predicted octanol–water partition coefficient (Wildman–Crippen LogP) is 3.52. The molecule has 0 aliphatic carbocycles. The van der Waals surface area contributed by atoms with Crippen LogP contribution in [0, 0.1) is 5.92 Å². The summed E-state index contributed by atoms with van der Waals surface area (Å²) in [6.45, 7) is 4.59. The normalized spacial score (nSPS) is 18.7. The number of hydrogen-bond donors (Lipinski definition) is 1. The largest absolute Gasteiger partial charge is 0.381 e. The molecule has 170 valence electrons. The SMILES string of the molecule is Cl.Cl.NC(C(=O)N1CCN(C(c2ccccc2)c2ccccc2)CC1)C1CCOCC1. The van der Waals surface area contributed by atoms with E-state index in [1.807, 2.05) is 4.90 Å². The molecule has 5 nitrogen and oxygen atoms in total. The van der Waals surface area contributed by atoms with Crippen LogP contribution in [0.5, 0.6) is 0 Å². The average Bonchev–Trinajstić information content (AvgIpc) is 2.81. The van der Waals surface area contributed by atoms with Gasteiger partial charge in [-0.15, -0.1) is 24.8 Å². The molecule has 2 aromatic rings. The van der Waals surface area contributed by atoms with Crippen LogP contribution in [-0.2, 0) is 9.53 Å². The summed E-state index contributed by atoms with van der Waals surface area (Å²) in [6.07, 6.45) is 1.77. The predicted molar refractivity (Wildman–Crippen MR) is 129 cm³/mol. The molecule has 1 atom stereocenters. The van der Waals surface area contributed by atoms with Crippen molar-refractivity contribution in [1.82, 2.24) is 9.80 Å². The first kappa shape index (κ1) is 25.6. The van der Waals surface area contributed by atoms with Gasteiger partial charge in [-0.3, -0.25) is 9.69 Å². The zero-order valence-electron chi connectivity index (χ0n) is 17.8.